The highest BCUT2D eigenvalue weighted by Gasteiger charge is 2.54. The van der Waals surface area contributed by atoms with Gasteiger partial charge in [-0.25, -0.2) is 9.59 Å². The van der Waals surface area contributed by atoms with Gasteiger partial charge in [0.15, 0.2) is 0 Å². The number of carboxylic acid groups (broad SMARTS) is 1. The summed E-state index contributed by atoms with van der Waals surface area (Å²) in [7, 11) is 0. The summed E-state index contributed by atoms with van der Waals surface area (Å²) in [4.78, 5) is 62.5. The average Bonchev–Trinajstić information content (AvgIpc) is 2.78. The first kappa shape index (κ1) is 26.9. The van der Waals surface area contributed by atoms with E-state index in [1.54, 1.807) is 20.8 Å². The van der Waals surface area contributed by atoms with Gasteiger partial charge in [0.25, 0.3) is 5.91 Å². The Morgan fingerprint density at radius 3 is 2.39 bits per heavy atom. The first-order chi connectivity index (χ1) is 16.8. The maximum absolute atomic E-state index is 13.2. The fraction of sp³-hybridized carbons (Fsp3) is 0.435. The SMILES string of the molecule is CC(=O)OCC1=C(C(=O)O)N2C(=O)[C@@H](NC(=O)C(NC(=O)OC(C)(C)C)c3ccc(O)cc3)[C@H]2SC1. The van der Waals surface area contributed by atoms with Gasteiger partial charge in [-0.05, 0) is 38.5 Å². The second-order valence-electron chi connectivity index (χ2n) is 9.10. The van der Waals surface area contributed by atoms with Crippen molar-refractivity contribution in [3.8, 4) is 5.75 Å². The Morgan fingerprint density at radius 1 is 1.19 bits per heavy atom. The lowest BCUT2D eigenvalue weighted by atomic mass is 10.0. The molecule has 0 saturated carbocycles. The molecule has 2 aliphatic rings. The Labute approximate surface area is 211 Å². The summed E-state index contributed by atoms with van der Waals surface area (Å²) in [6, 6.07) is 3.25. The van der Waals surface area contributed by atoms with Crippen LogP contribution in [-0.4, -0.2) is 74.3 Å². The van der Waals surface area contributed by atoms with Gasteiger partial charge in [0.2, 0.25) is 5.91 Å². The molecule has 0 radical (unpaired) electrons. The predicted molar refractivity (Wildman–Crippen MR) is 127 cm³/mol. The number of carboxylic acids is 1. The van der Waals surface area contributed by atoms with E-state index in [0.717, 1.165) is 4.90 Å². The highest BCUT2D eigenvalue weighted by atomic mass is 32.2. The molecule has 0 aliphatic carbocycles. The third kappa shape index (κ3) is 6.08. The van der Waals surface area contributed by atoms with Crippen molar-refractivity contribution in [2.24, 2.45) is 0 Å². The normalized spacial score (nSPS) is 20.0. The zero-order valence-corrected chi connectivity index (χ0v) is 20.9. The molecule has 0 spiro atoms. The molecule has 3 amide bonds. The zero-order chi connectivity index (χ0) is 26.8. The largest absolute Gasteiger partial charge is 0.508 e. The molecule has 0 bridgehead atoms. The molecule has 13 heteroatoms. The van der Waals surface area contributed by atoms with Crippen LogP contribution >= 0.6 is 11.8 Å². The Bertz CT molecular complexity index is 1110. The molecule has 1 fully saturated rings. The third-order valence-electron chi connectivity index (χ3n) is 5.15. The highest BCUT2D eigenvalue weighted by Crippen LogP contribution is 2.40. The molecule has 1 saturated heterocycles. The minimum atomic E-state index is -1.35. The van der Waals surface area contributed by atoms with Gasteiger partial charge in [-0.15, -0.1) is 11.8 Å². The molecule has 194 valence electrons. The Kier molecular flexibility index (Phi) is 7.82. The number of amides is 3. The molecular weight excluding hydrogens is 494 g/mol. The summed E-state index contributed by atoms with van der Waals surface area (Å²) >= 11 is 1.21. The van der Waals surface area contributed by atoms with E-state index in [0.29, 0.717) is 5.56 Å². The molecule has 0 aromatic heterocycles. The molecule has 1 aromatic rings. The molecule has 2 heterocycles. The van der Waals surface area contributed by atoms with E-state index in [1.165, 1.54) is 43.0 Å². The molecule has 3 rings (SSSR count). The summed E-state index contributed by atoms with van der Waals surface area (Å²) in [5, 5.41) is 23.6. The number of phenols is 1. The van der Waals surface area contributed by atoms with Gasteiger partial charge >= 0.3 is 18.0 Å². The number of aliphatic carboxylic acids is 1. The van der Waals surface area contributed by atoms with Gasteiger partial charge in [-0.2, -0.15) is 0 Å². The molecule has 4 N–H and O–H groups in total. The van der Waals surface area contributed by atoms with E-state index in [-0.39, 0.29) is 29.4 Å². The van der Waals surface area contributed by atoms with Crippen molar-refractivity contribution in [2.75, 3.05) is 12.4 Å². The third-order valence-corrected chi connectivity index (χ3v) is 6.49. The number of benzene rings is 1. The van der Waals surface area contributed by atoms with Gasteiger partial charge in [0.05, 0.1) is 0 Å². The van der Waals surface area contributed by atoms with Crippen LogP contribution in [-0.2, 0) is 28.7 Å². The van der Waals surface area contributed by atoms with Crippen molar-refractivity contribution in [1.29, 1.82) is 0 Å². The maximum Gasteiger partial charge on any atom is 0.408 e. The number of carbonyl (C=O) groups is 5. The summed E-state index contributed by atoms with van der Waals surface area (Å²) < 4.78 is 10.1. The molecule has 2 aliphatic heterocycles. The van der Waals surface area contributed by atoms with Crippen LogP contribution in [0.5, 0.6) is 5.75 Å². The van der Waals surface area contributed by atoms with Crippen LogP contribution in [0.25, 0.3) is 0 Å². The number of β-lactam (4-membered cyclic amide) rings is 1. The van der Waals surface area contributed by atoms with Crippen molar-refractivity contribution in [1.82, 2.24) is 15.5 Å². The van der Waals surface area contributed by atoms with Crippen molar-refractivity contribution in [3.05, 3.63) is 41.1 Å². The minimum absolute atomic E-state index is 0.0452. The number of aromatic hydroxyl groups is 1. The second kappa shape index (κ2) is 10.5. The number of rotatable bonds is 7. The summed E-state index contributed by atoms with van der Waals surface area (Å²) in [5.74, 6) is -3.19. The summed E-state index contributed by atoms with van der Waals surface area (Å²) in [6.07, 6.45) is -0.865. The zero-order valence-electron chi connectivity index (χ0n) is 20.1. The number of ether oxygens (including phenoxy) is 2. The van der Waals surface area contributed by atoms with Gasteiger partial charge in [0, 0.05) is 18.2 Å². The van der Waals surface area contributed by atoms with Crippen LogP contribution in [0.2, 0.25) is 0 Å². The lowest BCUT2D eigenvalue weighted by Gasteiger charge is -2.49. The summed E-state index contributed by atoms with van der Waals surface area (Å²) in [6.45, 7) is 5.91. The number of alkyl carbamates (subject to hydrolysis) is 1. The van der Waals surface area contributed by atoms with Crippen LogP contribution in [0.4, 0.5) is 4.79 Å². The monoisotopic (exact) mass is 521 g/mol. The van der Waals surface area contributed by atoms with E-state index in [9.17, 15) is 34.2 Å². The smallest absolute Gasteiger partial charge is 0.408 e. The Hall–Kier alpha value is -3.74. The van der Waals surface area contributed by atoms with Crippen LogP contribution in [0.3, 0.4) is 0 Å². The molecular formula is C23H27N3O9S. The van der Waals surface area contributed by atoms with Crippen molar-refractivity contribution in [3.63, 3.8) is 0 Å². The van der Waals surface area contributed by atoms with E-state index in [1.807, 2.05) is 0 Å². The van der Waals surface area contributed by atoms with Gasteiger partial charge in [-0.3, -0.25) is 19.3 Å². The standard InChI is InChI=1S/C23H27N3O9S/c1-11(27)34-9-13-10-36-20-16(19(30)26(20)17(13)21(31)32)24-18(29)15(12-5-7-14(28)8-6-12)25-22(33)35-23(2,3)4/h5-8,15-16,20,28H,9-10H2,1-4H3,(H,24,29)(H,25,33)(H,31,32)/t15?,16-,20-/m1/s1. The first-order valence-corrected chi connectivity index (χ1v) is 12.0. The summed E-state index contributed by atoms with van der Waals surface area (Å²) in [5.41, 5.74) is -0.513. The molecule has 1 aromatic carbocycles. The number of hydrogen-bond acceptors (Lipinski definition) is 9. The van der Waals surface area contributed by atoms with Crippen molar-refractivity contribution >= 4 is 41.6 Å². The average molecular weight is 522 g/mol. The van der Waals surface area contributed by atoms with Gasteiger partial charge in [0.1, 0.15) is 41.1 Å². The number of fused-ring (bicyclic) bond motifs is 1. The molecule has 12 nitrogen and oxygen atoms in total. The Morgan fingerprint density at radius 2 is 1.83 bits per heavy atom. The van der Waals surface area contributed by atoms with Crippen LogP contribution in [0.15, 0.2) is 35.5 Å². The van der Waals surface area contributed by atoms with Crippen molar-refractivity contribution in [2.45, 2.75) is 50.8 Å². The van der Waals surface area contributed by atoms with E-state index in [4.69, 9.17) is 9.47 Å². The fourth-order valence-corrected chi connectivity index (χ4v) is 4.94. The number of esters is 1. The number of nitrogens with one attached hydrogen (secondary N) is 2. The quantitative estimate of drug-likeness (QED) is 0.302. The van der Waals surface area contributed by atoms with E-state index >= 15 is 0 Å². The van der Waals surface area contributed by atoms with Crippen LogP contribution in [0.1, 0.15) is 39.3 Å². The first-order valence-electron chi connectivity index (χ1n) is 10.9. The predicted octanol–water partition coefficient (Wildman–Crippen LogP) is 1.26. The Balaban J connectivity index is 1.79. The number of hydrogen-bond donors (Lipinski definition) is 4. The number of carbonyl (C=O) groups excluding carboxylic acids is 4. The van der Waals surface area contributed by atoms with Crippen molar-refractivity contribution < 1.29 is 43.7 Å². The van der Waals surface area contributed by atoms with E-state index < -0.39 is 52.9 Å². The second-order valence-corrected chi connectivity index (χ2v) is 10.2. The number of thioether (sulfide) groups is 1. The van der Waals surface area contributed by atoms with E-state index in [2.05, 4.69) is 10.6 Å². The fourth-order valence-electron chi connectivity index (χ4n) is 3.61. The number of phenolic OH excluding ortho intramolecular Hbond substituents is 1. The molecule has 3 atom stereocenters. The van der Waals surface area contributed by atoms with Gasteiger partial charge < -0.3 is 30.3 Å². The minimum Gasteiger partial charge on any atom is -0.508 e. The van der Waals surface area contributed by atoms with Gasteiger partial charge in [-0.1, -0.05) is 12.1 Å². The molecule has 36 heavy (non-hydrogen) atoms. The molecule has 1 unspecified atom stereocenters. The lowest BCUT2D eigenvalue weighted by Crippen LogP contribution is -2.71. The topological polar surface area (TPSA) is 172 Å². The highest BCUT2D eigenvalue weighted by molar-refractivity contribution is 8.00. The lowest BCUT2D eigenvalue weighted by molar-refractivity contribution is -0.151. The van der Waals surface area contributed by atoms with Crippen LogP contribution < -0.4 is 10.6 Å². The van der Waals surface area contributed by atoms with Crippen LogP contribution in [0, 0.1) is 0 Å². The maximum atomic E-state index is 13.2. The number of nitrogens with zero attached hydrogens (tertiary/aromatic N) is 1.